The van der Waals surface area contributed by atoms with Gasteiger partial charge in [-0.3, -0.25) is 9.59 Å². The summed E-state index contributed by atoms with van der Waals surface area (Å²) in [5.41, 5.74) is 5.62. The number of nitrogens with zero attached hydrogens (tertiary/aromatic N) is 1. The predicted molar refractivity (Wildman–Crippen MR) is 102 cm³/mol. The van der Waals surface area contributed by atoms with Crippen LogP contribution in [0.25, 0.3) is 0 Å². The lowest BCUT2D eigenvalue weighted by molar-refractivity contribution is -0.135. The molecule has 134 valence electrons. The molecule has 1 aliphatic heterocycles. The lowest BCUT2D eigenvalue weighted by Crippen LogP contribution is -2.37. The maximum absolute atomic E-state index is 12.8. The average molecular weight is 348 g/mol. The van der Waals surface area contributed by atoms with Gasteiger partial charge in [-0.1, -0.05) is 30.3 Å². The van der Waals surface area contributed by atoms with E-state index in [2.05, 4.69) is 23.5 Å². The Hall–Kier alpha value is -2.62. The van der Waals surface area contributed by atoms with Gasteiger partial charge in [-0.05, 0) is 61.1 Å². The monoisotopic (exact) mass is 348 g/mol. The van der Waals surface area contributed by atoms with Crippen LogP contribution in [0.2, 0.25) is 0 Å². The largest absolute Gasteiger partial charge is 0.338 e. The van der Waals surface area contributed by atoms with Crippen LogP contribution in [0.15, 0.2) is 42.5 Å². The minimum absolute atomic E-state index is 0.0363. The number of fused-ring (bicyclic) bond motifs is 1. The van der Waals surface area contributed by atoms with Gasteiger partial charge in [-0.15, -0.1) is 0 Å². The maximum Gasteiger partial charge on any atom is 0.228 e. The zero-order valence-corrected chi connectivity index (χ0v) is 15.3. The summed E-state index contributed by atoms with van der Waals surface area (Å²) >= 11 is 0. The van der Waals surface area contributed by atoms with Crippen LogP contribution >= 0.6 is 0 Å². The first-order valence-electron chi connectivity index (χ1n) is 9.26. The molecule has 2 unspecified atom stereocenters. The highest BCUT2D eigenvalue weighted by Gasteiger charge is 2.49. The molecule has 1 fully saturated rings. The van der Waals surface area contributed by atoms with Gasteiger partial charge in [0.25, 0.3) is 0 Å². The van der Waals surface area contributed by atoms with E-state index >= 15 is 0 Å². The quantitative estimate of drug-likeness (QED) is 0.923. The van der Waals surface area contributed by atoms with E-state index < -0.39 is 0 Å². The van der Waals surface area contributed by atoms with Crippen molar-refractivity contribution in [3.05, 3.63) is 64.7 Å². The maximum atomic E-state index is 12.8. The summed E-state index contributed by atoms with van der Waals surface area (Å²) < 4.78 is 0. The van der Waals surface area contributed by atoms with Crippen LogP contribution in [0.5, 0.6) is 0 Å². The molecule has 2 aliphatic rings. The lowest BCUT2D eigenvalue weighted by atomic mass is 9.99. The van der Waals surface area contributed by atoms with E-state index in [-0.39, 0.29) is 23.7 Å². The third-order valence-corrected chi connectivity index (χ3v) is 5.38. The number of benzene rings is 2. The van der Waals surface area contributed by atoms with Crippen molar-refractivity contribution in [3.63, 3.8) is 0 Å². The SMILES string of the molecule is Cc1cc(C)cc(NC(=O)C2CC2C(=O)N2CCc3ccccc3C2)c1. The molecule has 1 heterocycles. The Labute approximate surface area is 154 Å². The third kappa shape index (κ3) is 3.36. The smallest absolute Gasteiger partial charge is 0.228 e. The van der Waals surface area contributed by atoms with Crippen molar-refractivity contribution in [1.29, 1.82) is 0 Å². The second kappa shape index (κ2) is 6.60. The van der Waals surface area contributed by atoms with Gasteiger partial charge in [0.2, 0.25) is 11.8 Å². The summed E-state index contributed by atoms with van der Waals surface area (Å²) in [5, 5.41) is 2.98. The van der Waals surface area contributed by atoms with Crippen molar-refractivity contribution in [3.8, 4) is 0 Å². The van der Waals surface area contributed by atoms with Crippen LogP contribution in [-0.4, -0.2) is 23.3 Å². The Kier molecular flexibility index (Phi) is 4.27. The minimum atomic E-state index is -0.194. The van der Waals surface area contributed by atoms with Gasteiger partial charge < -0.3 is 10.2 Å². The highest BCUT2D eigenvalue weighted by Crippen LogP contribution is 2.41. The second-order valence-electron chi connectivity index (χ2n) is 7.59. The van der Waals surface area contributed by atoms with Crippen LogP contribution in [0, 0.1) is 25.7 Å². The number of hydrogen-bond acceptors (Lipinski definition) is 2. The molecule has 0 radical (unpaired) electrons. The number of anilines is 1. The van der Waals surface area contributed by atoms with Crippen LogP contribution in [0.1, 0.15) is 28.7 Å². The van der Waals surface area contributed by atoms with Gasteiger partial charge in [0.15, 0.2) is 0 Å². The molecule has 1 saturated carbocycles. The summed E-state index contributed by atoms with van der Waals surface area (Å²) in [6.45, 7) is 5.44. The average Bonchev–Trinajstić information content (AvgIpc) is 3.40. The van der Waals surface area contributed by atoms with E-state index in [9.17, 15) is 9.59 Å². The molecule has 4 heteroatoms. The Bertz CT molecular complexity index is 854. The summed E-state index contributed by atoms with van der Waals surface area (Å²) in [6.07, 6.45) is 1.56. The van der Waals surface area contributed by atoms with Crippen molar-refractivity contribution in [1.82, 2.24) is 4.90 Å². The molecule has 2 atom stereocenters. The highest BCUT2D eigenvalue weighted by atomic mass is 16.2. The molecule has 2 aromatic carbocycles. The van der Waals surface area contributed by atoms with Crippen molar-refractivity contribution < 1.29 is 9.59 Å². The van der Waals surface area contributed by atoms with E-state index in [1.165, 1.54) is 11.1 Å². The highest BCUT2D eigenvalue weighted by molar-refractivity contribution is 5.99. The first kappa shape index (κ1) is 16.8. The molecule has 0 spiro atoms. The fraction of sp³-hybridized carbons (Fsp3) is 0.364. The van der Waals surface area contributed by atoms with Gasteiger partial charge >= 0.3 is 0 Å². The van der Waals surface area contributed by atoms with Crippen molar-refractivity contribution in [2.75, 3.05) is 11.9 Å². The number of rotatable bonds is 3. The van der Waals surface area contributed by atoms with Crippen molar-refractivity contribution >= 4 is 17.5 Å². The zero-order valence-electron chi connectivity index (χ0n) is 15.3. The molecule has 1 N–H and O–H groups in total. The summed E-state index contributed by atoms with van der Waals surface area (Å²) in [5.74, 6) is -0.266. The Morgan fingerprint density at radius 2 is 1.69 bits per heavy atom. The zero-order chi connectivity index (χ0) is 18.3. The Morgan fingerprint density at radius 3 is 2.42 bits per heavy atom. The molecule has 0 bridgehead atoms. The lowest BCUT2D eigenvalue weighted by Gasteiger charge is -2.29. The molecule has 4 nitrogen and oxygen atoms in total. The number of amides is 2. The third-order valence-electron chi connectivity index (χ3n) is 5.38. The number of aryl methyl sites for hydroxylation is 2. The molecular formula is C22H24N2O2. The second-order valence-corrected chi connectivity index (χ2v) is 7.59. The molecule has 26 heavy (non-hydrogen) atoms. The first-order chi connectivity index (χ1) is 12.5. The fourth-order valence-electron chi connectivity index (χ4n) is 3.96. The molecule has 0 aromatic heterocycles. The van der Waals surface area contributed by atoms with Gasteiger partial charge in [0.1, 0.15) is 0 Å². The standard InChI is InChI=1S/C22H24N2O2/c1-14-9-15(2)11-18(10-14)23-21(25)19-12-20(19)22(26)24-8-7-16-5-3-4-6-17(16)13-24/h3-6,9-11,19-20H,7-8,12-13H2,1-2H3,(H,23,25). The molecule has 4 rings (SSSR count). The van der Waals surface area contributed by atoms with Gasteiger partial charge in [-0.25, -0.2) is 0 Å². The van der Waals surface area contributed by atoms with E-state index in [4.69, 9.17) is 0 Å². The molecular weight excluding hydrogens is 324 g/mol. The van der Waals surface area contributed by atoms with E-state index in [0.717, 1.165) is 29.8 Å². The molecule has 1 aliphatic carbocycles. The van der Waals surface area contributed by atoms with E-state index in [1.54, 1.807) is 0 Å². The summed E-state index contributed by atoms with van der Waals surface area (Å²) in [7, 11) is 0. The molecule has 2 aromatic rings. The van der Waals surface area contributed by atoms with Gasteiger partial charge in [0.05, 0.1) is 11.8 Å². The van der Waals surface area contributed by atoms with E-state index in [1.807, 2.05) is 43.0 Å². The minimum Gasteiger partial charge on any atom is -0.338 e. The van der Waals surface area contributed by atoms with Crippen LogP contribution in [0.3, 0.4) is 0 Å². The molecule has 0 saturated heterocycles. The predicted octanol–water partition coefficient (Wildman–Crippen LogP) is 3.46. The van der Waals surface area contributed by atoms with Crippen LogP contribution in [0.4, 0.5) is 5.69 Å². The van der Waals surface area contributed by atoms with Gasteiger partial charge in [0, 0.05) is 18.8 Å². The Balaban J connectivity index is 1.37. The number of hydrogen-bond donors (Lipinski definition) is 1. The Morgan fingerprint density at radius 1 is 1.00 bits per heavy atom. The fourth-order valence-corrected chi connectivity index (χ4v) is 3.96. The number of carbonyl (C=O) groups excluding carboxylic acids is 2. The molecule has 2 amide bonds. The van der Waals surface area contributed by atoms with Crippen molar-refractivity contribution in [2.45, 2.75) is 33.2 Å². The summed E-state index contributed by atoms with van der Waals surface area (Å²) in [4.78, 5) is 27.2. The van der Waals surface area contributed by atoms with Crippen molar-refractivity contribution in [2.24, 2.45) is 11.8 Å². The number of carbonyl (C=O) groups is 2. The first-order valence-corrected chi connectivity index (χ1v) is 9.26. The topological polar surface area (TPSA) is 49.4 Å². The van der Waals surface area contributed by atoms with Crippen LogP contribution in [-0.2, 0) is 22.6 Å². The number of nitrogens with one attached hydrogen (secondary N) is 1. The summed E-state index contributed by atoms with van der Waals surface area (Å²) in [6, 6.07) is 14.3. The van der Waals surface area contributed by atoms with Gasteiger partial charge in [-0.2, -0.15) is 0 Å². The van der Waals surface area contributed by atoms with E-state index in [0.29, 0.717) is 13.0 Å². The van der Waals surface area contributed by atoms with Crippen LogP contribution < -0.4 is 5.32 Å². The normalized spacial score (nSPS) is 21.1.